The largest absolute Gasteiger partial charge is 0.373 e. The van der Waals surface area contributed by atoms with Crippen LogP contribution in [-0.2, 0) is 4.74 Å². The van der Waals surface area contributed by atoms with E-state index in [0.717, 1.165) is 6.54 Å². The van der Waals surface area contributed by atoms with Gasteiger partial charge in [0.15, 0.2) is 0 Å². The average molecular weight is 241 g/mol. The molecule has 1 N–H and O–H groups in total. The van der Waals surface area contributed by atoms with Gasteiger partial charge in [0, 0.05) is 7.11 Å². The first-order valence-electron chi connectivity index (χ1n) is 5.99. The van der Waals surface area contributed by atoms with Crippen LogP contribution >= 0.6 is 0 Å². The fraction of sp³-hybridized carbons (Fsp3) is 0.833. The molecule has 0 bridgehead atoms. The normalized spacial score (nSPS) is 15.9. The first kappa shape index (κ1) is 14.1. The summed E-state index contributed by atoms with van der Waals surface area (Å²) in [6.07, 6.45) is -0.158. The maximum absolute atomic E-state index is 5.45. The van der Waals surface area contributed by atoms with Crippen LogP contribution in [-0.4, -0.2) is 23.8 Å². The lowest BCUT2D eigenvalue weighted by molar-refractivity contribution is 0.00718. The summed E-state index contributed by atoms with van der Waals surface area (Å²) in [6.45, 7) is 11.2. The van der Waals surface area contributed by atoms with Crippen molar-refractivity contribution in [3.05, 3.63) is 11.7 Å². The third kappa shape index (κ3) is 3.51. The lowest BCUT2D eigenvalue weighted by atomic mass is 9.88. The number of ether oxygens (including phenoxy) is 1. The van der Waals surface area contributed by atoms with Gasteiger partial charge in [-0.3, -0.25) is 0 Å². The lowest BCUT2D eigenvalue weighted by Crippen LogP contribution is -2.22. The van der Waals surface area contributed by atoms with Crippen molar-refractivity contribution in [3.8, 4) is 0 Å². The van der Waals surface area contributed by atoms with Crippen molar-refractivity contribution in [1.29, 1.82) is 0 Å². The van der Waals surface area contributed by atoms with E-state index in [1.54, 1.807) is 7.11 Å². The van der Waals surface area contributed by atoms with E-state index in [9.17, 15) is 0 Å². The molecule has 0 amide bonds. The molecular weight excluding hydrogens is 218 g/mol. The van der Waals surface area contributed by atoms with E-state index < -0.39 is 0 Å². The summed E-state index contributed by atoms with van der Waals surface area (Å²) in [5.41, 5.74) is -0.0582. The molecule has 98 valence electrons. The molecule has 17 heavy (non-hydrogen) atoms. The Morgan fingerprint density at radius 3 is 2.53 bits per heavy atom. The maximum Gasteiger partial charge on any atom is 0.243 e. The zero-order chi connectivity index (χ0) is 13.1. The van der Waals surface area contributed by atoms with Crippen LogP contribution in [0.2, 0.25) is 0 Å². The number of hydrogen-bond donors (Lipinski definition) is 1. The van der Waals surface area contributed by atoms with Gasteiger partial charge in [-0.1, -0.05) is 32.9 Å². The monoisotopic (exact) mass is 241 g/mol. The molecule has 0 aliphatic heterocycles. The molecule has 1 aromatic rings. The van der Waals surface area contributed by atoms with E-state index in [1.807, 2.05) is 13.8 Å². The highest BCUT2D eigenvalue weighted by atomic mass is 16.5. The van der Waals surface area contributed by atoms with Gasteiger partial charge < -0.3 is 14.6 Å². The van der Waals surface area contributed by atoms with Crippen molar-refractivity contribution in [2.24, 2.45) is 5.41 Å². The number of hydrogen-bond acceptors (Lipinski definition) is 5. The Morgan fingerprint density at radius 1 is 1.41 bits per heavy atom. The van der Waals surface area contributed by atoms with E-state index in [0.29, 0.717) is 11.7 Å². The van der Waals surface area contributed by atoms with Gasteiger partial charge in [-0.25, -0.2) is 0 Å². The van der Waals surface area contributed by atoms with Crippen LogP contribution in [0.1, 0.15) is 58.5 Å². The zero-order valence-corrected chi connectivity index (χ0v) is 11.6. The predicted molar refractivity (Wildman–Crippen MR) is 65.6 cm³/mol. The zero-order valence-electron chi connectivity index (χ0n) is 11.6. The summed E-state index contributed by atoms with van der Waals surface area (Å²) < 4.78 is 10.7. The molecule has 0 aliphatic carbocycles. The molecule has 0 saturated heterocycles. The summed E-state index contributed by atoms with van der Waals surface area (Å²) >= 11 is 0. The first-order valence-corrected chi connectivity index (χ1v) is 5.99. The minimum Gasteiger partial charge on any atom is -0.373 e. The summed E-state index contributed by atoms with van der Waals surface area (Å²) in [5.74, 6) is 1.22. The molecule has 0 aliphatic rings. The summed E-state index contributed by atoms with van der Waals surface area (Å²) in [6, 6.07) is 0.0683. The highest BCUT2D eigenvalue weighted by Gasteiger charge is 2.31. The Morgan fingerprint density at radius 2 is 2.06 bits per heavy atom. The minimum absolute atomic E-state index is 0.0582. The molecule has 0 fully saturated rings. The van der Waals surface area contributed by atoms with E-state index in [4.69, 9.17) is 9.26 Å². The van der Waals surface area contributed by atoms with E-state index in [-0.39, 0.29) is 17.6 Å². The van der Waals surface area contributed by atoms with Gasteiger partial charge in [0.05, 0.1) is 6.04 Å². The molecule has 0 radical (unpaired) electrons. The van der Waals surface area contributed by atoms with Gasteiger partial charge in [0.2, 0.25) is 11.7 Å². The Labute approximate surface area is 103 Å². The molecule has 0 aromatic carbocycles. The highest BCUT2D eigenvalue weighted by Crippen LogP contribution is 2.34. The summed E-state index contributed by atoms with van der Waals surface area (Å²) in [5, 5.41) is 7.24. The van der Waals surface area contributed by atoms with Crippen LogP contribution in [0.5, 0.6) is 0 Å². The molecule has 1 rings (SSSR count). The molecule has 0 saturated carbocycles. The first-order chi connectivity index (χ1) is 7.90. The molecule has 2 unspecified atom stereocenters. The van der Waals surface area contributed by atoms with Crippen molar-refractivity contribution in [2.75, 3.05) is 13.7 Å². The summed E-state index contributed by atoms with van der Waals surface area (Å²) in [4.78, 5) is 4.40. The molecular formula is C12H23N3O2. The second kappa shape index (κ2) is 5.60. The summed E-state index contributed by atoms with van der Waals surface area (Å²) in [7, 11) is 1.67. The second-order valence-electron chi connectivity index (χ2n) is 5.25. The average Bonchev–Trinajstić information content (AvgIpc) is 2.66. The lowest BCUT2D eigenvalue weighted by Gasteiger charge is -2.26. The van der Waals surface area contributed by atoms with E-state index >= 15 is 0 Å². The van der Waals surface area contributed by atoms with Crippen molar-refractivity contribution >= 4 is 0 Å². The third-order valence-corrected chi connectivity index (χ3v) is 2.59. The number of methoxy groups -OCH3 is 1. The molecule has 1 aromatic heterocycles. The fourth-order valence-corrected chi connectivity index (χ4v) is 1.77. The standard InChI is InChI=1S/C12H23N3O2/c1-7-13-8(2)11-14-10(15-17-11)9(16-6)12(3,4)5/h8-9,13H,7H2,1-6H3. The molecule has 0 spiro atoms. The Kier molecular flexibility index (Phi) is 4.65. The molecule has 2 atom stereocenters. The third-order valence-electron chi connectivity index (χ3n) is 2.59. The molecule has 5 nitrogen and oxygen atoms in total. The molecule has 1 heterocycles. The number of rotatable bonds is 5. The number of aromatic nitrogens is 2. The van der Waals surface area contributed by atoms with Gasteiger partial charge in [-0.2, -0.15) is 4.98 Å². The van der Waals surface area contributed by atoms with Crippen LogP contribution in [0.3, 0.4) is 0 Å². The van der Waals surface area contributed by atoms with Crippen molar-refractivity contribution < 1.29 is 9.26 Å². The highest BCUT2D eigenvalue weighted by molar-refractivity contribution is 4.98. The van der Waals surface area contributed by atoms with Crippen molar-refractivity contribution in [2.45, 2.75) is 46.8 Å². The maximum atomic E-state index is 5.45. The Balaban J connectivity index is 2.86. The van der Waals surface area contributed by atoms with Crippen LogP contribution in [0.4, 0.5) is 0 Å². The molecule has 5 heteroatoms. The van der Waals surface area contributed by atoms with Gasteiger partial charge in [0.25, 0.3) is 0 Å². The fourth-order valence-electron chi connectivity index (χ4n) is 1.77. The van der Waals surface area contributed by atoms with Crippen LogP contribution in [0.25, 0.3) is 0 Å². The SMILES string of the molecule is CCNC(C)c1nc(C(OC)C(C)(C)C)no1. The van der Waals surface area contributed by atoms with Crippen molar-refractivity contribution in [3.63, 3.8) is 0 Å². The van der Waals surface area contributed by atoms with Crippen LogP contribution in [0.15, 0.2) is 4.52 Å². The van der Waals surface area contributed by atoms with Crippen LogP contribution in [0, 0.1) is 5.41 Å². The quantitative estimate of drug-likeness (QED) is 0.858. The Hall–Kier alpha value is -0.940. The predicted octanol–water partition coefficient (Wildman–Crippen LogP) is 2.47. The Bertz CT molecular complexity index is 344. The minimum atomic E-state index is -0.158. The van der Waals surface area contributed by atoms with Gasteiger partial charge in [-0.15, -0.1) is 0 Å². The van der Waals surface area contributed by atoms with Crippen molar-refractivity contribution in [1.82, 2.24) is 15.5 Å². The smallest absolute Gasteiger partial charge is 0.243 e. The number of nitrogens with zero attached hydrogens (tertiary/aromatic N) is 2. The second-order valence-corrected chi connectivity index (χ2v) is 5.25. The van der Waals surface area contributed by atoms with Gasteiger partial charge >= 0.3 is 0 Å². The van der Waals surface area contributed by atoms with Gasteiger partial charge in [0.1, 0.15) is 6.10 Å². The van der Waals surface area contributed by atoms with E-state index in [2.05, 4.69) is 36.2 Å². The van der Waals surface area contributed by atoms with Crippen LogP contribution < -0.4 is 5.32 Å². The topological polar surface area (TPSA) is 60.2 Å². The van der Waals surface area contributed by atoms with Gasteiger partial charge in [-0.05, 0) is 18.9 Å². The van der Waals surface area contributed by atoms with E-state index in [1.165, 1.54) is 0 Å². The number of nitrogens with one attached hydrogen (secondary N) is 1.